The monoisotopic (exact) mass is 313 g/mol. The minimum absolute atomic E-state index is 0.0759. The highest BCUT2D eigenvalue weighted by Crippen LogP contribution is 2.17. The average Bonchev–Trinajstić information content (AvgIpc) is 3.18. The molecule has 3 rings (SSSR count). The van der Waals surface area contributed by atoms with Crippen LogP contribution in [-0.4, -0.2) is 36.7 Å². The maximum atomic E-state index is 12.2. The number of furan rings is 1. The Morgan fingerprint density at radius 2 is 2.13 bits per heavy atom. The second-order valence-corrected chi connectivity index (χ2v) is 4.46. The van der Waals surface area contributed by atoms with Gasteiger partial charge in [-0.2, -0.15) is 5.10 Å². The predicted octanol–water partition coefficient (Wildman–Crippen LogP) is 1.27. The van der Waals surface area contributed by atoms with E-state index >= 15 is 0 Å². The number of hydrogen-bond donors (Lipinski definition) is 2. The molecule has 116 valence electrons. The Bertz CT molecular complexity index is 840. The molecule has 3 aromatic rings. The number of nitrogens with zero attached hydrogens (tertiary/aromatic N) is 4. The number of carboxylic acid groups (broad SMARTS) is 1. The number of aromatic nitrogens is 4. The van der Waals surface area contributed by atoms with E-state index in [0.717, 1.165) is 4.68 Å². The molecule has 1 amide bonds. The number of nitrogens with one attached hydrogen (secondary N) is 1. The number of aliphatic carboxylic acids is 1. The van der Waals surface area contributed by atoms with Crippen LogP contribution in [0, 0.1) is 0 Å². The number of anilines is 1. The minimum atomic E-state index is -1.10. The first kappa shape index (κ1) is 14.4. The van der Waals surface area contributed by atoms with Crippen molar-refractivity contribution >= 4 is 17.8 Å². The first-order valence-corrected chi connectivity index (χ1v) is 6.55. The zero-order valence-corrected chi connectivity index (χ0v) is 11.7. The van der Waals surface area contributed by atoms with Crippen molar-refractivity contribution in [2.75, 3.05) is 5.32 Å². The predicted molar refractivity (Wildman–Crippen MR) is 77.6 cm³/mol. The van der Waals surface area contributed by atoms with Gasteiger partial charge in [-0.3, -0.25) is 14.9 Å². The maximum absolute atomic E-state index is 12.2. The van der Waals surface area contributed by atoms with Gasteiger partial charge < -0.3 is 9.52 Å². The first-order chi connectivity index (χ1) is 11.1. The highest BCUT2D eigenvalue weighted by atomic mass is 16.4. The van der Waals surface area contributed by atoms with E-state index in [0.29, 0.717) is 11.5 Å². The molecule has 0 aliphatic heterocycles. The van der Waals surface area contributed by atoms with Crippen LogP contribution in [0.1, 0.15) is 10.5 Å². The molecular formula is C14H11N5O4. The molecule has 9 heteroatoms. The first-order valence-electron chi connectivity index (χ1n) is 6.55. The lowest BCUT2D eigenvalue weighted by Crippen LogP contribution is -2.21. The molecule has 0 saturated heterocycles. The minimum Gasteiger partial charge on any atom is -0.480 e. The summed E-state index contributed by atoms with van der Waals surface area (Å²) in [7, 11) is 0. The van der Waals surface area contributed by atoms with Gasteiger partial charge >= 0.3 is 5.97 Å². The summed E-state index contributed by atoms with van der Waals surface area (Å²) in [6.07, 6.45) is 4.34. The highest BCUT2D eigenvalue weighted by molar-refractivity contribution is 6.02. The third-order valence-electron chi connectivity index (χ3n) is 2.89. The lowest BCUT2D eigenvalue weighted by Gasteiger charge is -2.06. The summed E-state index contributed by atoms with van der Waals surface area (Å²) in [5.41, 5.74) is 0.610. The second kappa shape index (κ2) is 6.10. The van der Waals surface area contributed by atoms with Crippen LogP contribution in [0.15, 0.2) is 47.3 Å². The lowest BCUT2D eigenvalue weighted by atomic mass is 10.3. The van der Waals surface area contributed by atoms with Crippen molar-refractivity contribution in [1.82, 2.24) is 19.7 Å². The summed E-state index contributed by atoms with van der Waals surface area (Å²) >= 11 is 0. The Morgan fingerprint density at radius 3 is 2.87 bits per heavy atom. The maximum Gasteiger partial charge on any atom is 0.325 e. The van der Waals surface area contributed by atoms with Gasteiger partial charge in [-0.15, -0.1) is 0 Å². The van der Waals surface area contributed by atoms with E-state index in [1.54, 1.807) is 18.2 Å². The van der Waals surface area contributed by atoms with Gasteiger partial charge in [0.1, 0.15) is 17.9 Å². The molecular weight excluding hydrogens is 302 g/mol. The van der Waals surface area contributed by atoms with Crippen molar-refractivity contribution in [1.29, 1.82) is 0 Å². The summed E-state index contributed by atoms with van der Waals surface area (Å²) in [5, 5.41) is 15.1. The fourth-order valence-corrected chi connectivity index (χ4v) is 1.93. The summed E-state index contributed by atoms with van der Waals surface area (Å²) < 4.78 is 6.31. The van der Waals surface area contributed by atoms with Crippen molar-refractivity contribution in [3.63, 3.8) is 0 Å². The van der Waals surface area contributed by atoms with E-state index < -0.39 is 18.4 Å². The van der Waals surface area contributed by atoms with E-state index in [2.05, 4.69) is 20.4 Å². The zero-order valence-electron chi connectivity index (χ0n) is 11.7. The van der Waals surface area contributed by atoms with Crippen LogP contribution in [0.3, 0.4) is 0 Å². The molecule has 3 heterocycles. The van der Waals surface area contributed by atoms with Crippen LogP contribution in [0.4, 0.5) is 5.95 Å². The van der Waals surface area contributed by atoms with Gasteiger partial charge in [-0.05, 0) is 24.3 Å². The van der Waals surface area contributed by atoms with Gasteiger partial charge in [0, 0.05) is 12.4 Å². The Balaban J connectivity index is 1.80. The quantitative estimate of drug-likeness (QED) is 0.727. The molecule has 0 aliphatic carbocycles. The molecule has 0 unspecified atom stereocenters. The summed E-state index contributed by atoms with van der Waals surface area (Å²) in [6.45, 7) is -0.414. The number of carbonyl (C=O) groups is 2. The lowest BCUT2D eigenvalue weighted by molar-refractivity contribution is -0.137. The summed E-state index contributed by atoms with van der Waals surface area (Å²) in [5.74, 6) is -1.04. The molecule has 0 aromatic carbocycles. The van der Waals surface area contributed by atoms with Gasteiger partial charge in [0.2, 0.25) is 5.95 Å². The van der Waals surface area contributed by atoms with Crippen molar-refractivity contribution in [2.24, 2.45) is 0 Å². The Kier molecular flexibility index (Phi) is 3.83. The van der Waals surface area contributed by atoms with Crippen LogP contribution in [-0.2, 0) is 11.3 Å². The normalized spacial score (nSPS) is 10.4. The Labute approximate surface area is 129 Å². The van der Waals surface area contributed by atoms with E-state index in [9.17, 15) is 9.59 Å². The fraction of sp³-hybridized carbons (Fsp3) is 0.0714. The number of amides is 1. The third-order valence-corrected chi connectivity index (χ3v) is 2.89. The van der Waals surface area contributed by atoms with Crippen LogP contribution in [0.2, 0.25) is 0 Å². The molecule has 9 nitrogen and oxygen atoms in total. The van der Waals surface area contributed by atoms with Gasteiger partial charge in [-0.1, -0.05) is 0 Å². The van der Waals surface area contributed by atoms with Gasteiger partial charge in [0.25, 0.3) is 5.91 Å². The number of carbonyl (C=O) groups excluding carboxylic acids is 1. The van der Waals surface area contributed by atoms with E-state index in [1.807, 2.05) is 0 Å². The molecule has 23 heavy (non-hydrogen) atoms. The van der Waals surface area contributed by atoms with Crippen LogP contribution >= 0.6 is 0 Å². The molecule has 2 N–H and O–H groups in total. The van der Waals surface area contributed by atoms with Crippen molar-refractivity contribution in [3.05, 3.63) is 48.6 Å². The van der Waals surface area contributed by atoms with Crippen molar-refractivity contribution in [3.8, 4) is 11.5 Å². The van der Waals surface area contributed by atoms with Crippen LogP contribution in [0.25, 0.3) is 11.5 Å². The smallest absolute Gasteiger partial charge is 0.325 e. The molecule has 0 aliphatic rings. The largest absolute Gasteiger partial charge is 0.480 e. The van der Waals surface area contributed by atoms with Gasteiger partial charge in [0.15, 0.2) is 5.76 Å². The number of hydrogen-bond acceptors (Lipinski definition) is 6. The number of carboxylic acids is 1. The van der Waals surface area contributed by atoms with Crippen LogP contribution in [0.5, 0.6) is 0 Å². The van der Waals surface area contributed by atoms with Gasteiger partial charge in [0.05, 0.1) is 6.26 Å². The third kappa shape index (κ3) is 3.23. The molecule has 0 bridgehead atoms. The zero-order chi connectivity index (χ0) is 16.2. The van der Waals surface area contributed by atoms with Crippen LogP contribution < -0.4 is 5.32 Å². The average molecular weight is 313 g/mol. The Hall–Kier alpha value is -3.49. The van der Waals surface area contributed by atoms with E-state index in [-0.39, 0.29) is 11.6 Å². The molecule has 3 aromatic heterocycles. The second-order valence-electron chi connectivity index (χ2n) is 4.46. The van der Waals surface area contributed by atoms with E-state index in [1.165, 1.54) is 24.7 Å². The Morgan fingerprint density at radius 1 is 1.26 bits per heavy atom. The fourth-order valence-electron chi connectivity index (χ4n) is 1.93. The SMILES string of the molecule is O=C(O)Cn1nccc1C(=O)Nc1nccc(-c2ccco2)n1. The van der Waals surface area contributed by atoms with Crippen molar-refractivity contribution < 1.29 is 19.1 Å². The molecule has 0 spiro atoms. The molecule has 0 saturated carbocycles. The van der Waals surface area contributed by atoms with Gasteiger partial charge in [-0.25, -0.2) is 14.6 Å². The molecule has 0 radical (unpaired) electrons. The molecule has 0 fully saturated rings. The molecule has 0 atom stereocenters. The van der Waals surface area contributed by atoms with Crippen molar-refractivity contribution in [2.45, 2.75) is 6.54 Å². The summed E-state index contributed by atoms with van der Waals surface area (Å²) in [6, 6.07) is 6.51. The highest BCUT2D eigenvalue weighted by Gasteiger charge is 2.15. The summed E-state index contributed by atoms with van der Waals surface area (Å²) in [4.78, 5) is 31.1. The van der Waals surface area contributed by atoms with E-state index in [4.69, 9.17) is 9.52 Å². The topological polar surface area (TPSA) is 123 Å². The number of rotatable bonds is 5. The standard InChI is InChI=1S/C14H11N5O4/c20-12(21)8-19-10(4-6-16-19)13(22)18-14-15-5-3-9(17-14)11-2-1-7-23-11/h1-7H,8H2,(H,20,21)(H,15,17,18,22).